The van der Waals surface area contributed by atoms with Crippen LogP contribution in [0.5, 0.6) is 5.75 Å². The molecule has 0 radical (unpaired) electrons. The summed E-state index contributed by atoms with van der Waals surface area (Å²) in [5, 5.41) is 5.17. The van der Waals surface area contributed by atoms with Crippen LogP contribution in [-0.2, 0) is 14.8 Å². The summed E-state index contributed by atoms with van der Waals surface area (Å²) >= 11 is 0. The molecule has 17 heavy (non-hydrogen) atoms. The van der Waals surface area contributed by atoms with Crippen LogP contribution in [0, 0.1) is 0 Å². The molecule has 2 aromatic rings. The van der Waals surface area contributed by atoms with Gasteiger partial charge in [0.1, 0.15) is 11.3 Å². The number of rotatable bonds is 2. The van der Waals surface area contributed by atoms with Crippen LogP contribution in [0.1, 0.15) is 6.92 Å². The number of hydrogen-bond acceptors (Lipinski definition) is 5. The second-order valence-corrected chi connectivity index (χ2v) is 4.90. The van der Waals surface area contributed by atoms with Crippen LogP contribution < -0.4 is 9.88 Å². The zero-order valence-corrected chi connectivity index (χ0v) is 9.65. The molecule has 0 unspecified atom stereocenters. The number of ether oxygens (including phenoxy) is 1. The molecular formula is C10H9NO5S. The molecule has 0 fully saturated rings. The van der Waals surface area contributed by atoms with E-state index in [2.05, 4.69) is 0 Å². The fourth-order valence-electron chi connectivity index (χ4n) is 1.36. The highest BCUT2D eigenvalue weighted by atomic mass is 32.2. The quantitative estimate of drug-likeness (QED) is 0.637. The van der Waals surface area contributed by atoms with Crippen molar-refractivity contribution >= 4 is 27.0 Å². The Bertz CT molecular complexity index is 686. The number of benzene rings is 1. The summed E-state index contributed by atoms with van der Waals surface area (Å²) < 4.78 is 32.0. The zero-order valence-electron chi connectivity index (χ0n) is 8.84. The minimum atomic E-state index is -3.88. The van der Waals surface area contributed by atoms with Gasteiger partial charge in [0.05, 0.1) is 0 Å². The van der Waals surface area contributed by atoms with Gasteiger partial charge in [-0.25, -0.2) is 13.6 Å². The first-order valence-electron chi connectivity index (χ1n) is 4.61. The molecule has 2 rings (SSSR count). The average molecular weight is 255 g/mol. The first-order valence-corrected chi connectivity index (χ1v) is 6.16. The number of hydrogen-bond donors (Lipinski definition) is 1. The largest absolute Gasteiger partial charge is 0.443 e. The Morgan fingerprint density at radius 2 is 2.06 bits per heavy atom. The Morgan fingerprint density at radius 1 is 1.35 bits per heavy atom. The van der Waals surface area contributed by atoms with Gasteiger partial charge in [0.15, 0.2) is 0 Å². The third-order valence-electron chi connectivity index (χ3n) is 2.01. The van der Waals surface area contributed by atoms with Crippen molar-refractivity contribution in [1.29, 1.82) is 0 Å². The molecule has 0 atom stereocenters. The molecule has 90 valence electrons. The van der Waals surface area contributed by atoms with E-state index < -0.39 is 16.0 Å². The van der Waals surface area contributed by atoms with Crippen LogP contribution in [-0.4, -0.2) is 14.4 Å². The van der Waals surface area contributed by atoms with Gasteiger partial charge in [-0.05, 0) is 12.1 Å². The van der Waals surface area contributed by atoms with Crippen LogP contribution in [0.25, 0.3) is 11.0 Å². The van der Waals surface area contributed by atoms with E-state index in [4.69, 9.17) is 14.3 Å². The van der Waals surface area contributed by atoms with Crippen LogP contribution in [0.2, 0.25) is 0 Å². The van der Waals surface area contributed by atoms with Crippen molar-refractivity contribution in [3.05, 3.63) is 24.3 Å². The fourth-order valence-corrected chi connectivity index (χ4v) is 1.85. The molecule has 1 heterocycles. The van der Waals surface area contributed by atoms with E-state index in [-0.39, 0.29) is 16.4 Å². The number of carbonyl (C=O) groups is 1. The van der Waals surface area contributed by atoms with Crippen LogP contribution in [0.15, 0.2) is 33.8 Å². The Kier molecular flexibility index (Phi) is 2.64. The summed E-state index contributed by atoms with van der Waals surface area (Å²) in [5.41, 5.74) is 0.285. The number of sulfonamides is 1. The second-order valence-electron chi connectivity index (χ2n) is 3.40. The lowest BCUT2D eigenvalue weighted by Gasteiger charge is -1.99. The molecule has 0 aliphatic rings. The van der Waals surface area contributed by atoms with E-state index in [1.807, 2.05) is 0 Å². The molecule has 0 bridgehead atoms. The molecule has 0 saturated carbocycles. The molecule has 6 nitrogen and oxygen atoms in total. The van der Waals surface area contributed by atoms with Gasteiger partial charge in [0.25, 0.3) is 10.0 Å². The smallest absolute Gasteiger partial charge is 0.308 e. The minimum absolute atomic E-state index is 0.278. The van der Waals surface area contributed by atoms with Crippen molar-refractivity contribution in [3.63, 3.8) is 0 Å². The van der Waals surface area contributed by atoms with E-state index in [0.29, 0.717) is 5.39 Å². The van der Waals surface area contributed by atoms with E-state index in [0.717, 1.165) is 0 Å². The third-order valence-corrected chi connectivity index (χ3v) is 2.77. The number of primary sulfonamides is 1. The van der Waals surface area contributed by atoms with Crippen molar-refractivity contribution in [3.8, 4) is 5.75 Å². The summed E-state index contributed by atoms with van der Waals surface area (Å²) in [4.78, 5) is 10.7. The van der Waals surface area contributed by atoms with Crippen molar-refractivity contribution in [2.75, 3.05) is 0 Å². The van der Waals surface area contributed by atoms with Crippen LogP contribution in [0.3, 0.4) is 0 Å². The number of furan rings is 1. The maximum absolute atomic E-state index is 11.1. The van der Waals surface area contributed by atoms with Gasteiger partial charge in [0.2, 0.25) is 5.09 Å². The summed E-state index contributed by atoms with van der Waals surface area (Å²) in [6.07, 6.45) is 0. The summed E-state index contributed by atoms with van der Waals surface area (Å²) in [7, 11) is -3.88. The van der Waals surface area contributed by atoms with Crippen molar-refractivity contribution in [2.24, 2.45) is 5.14 Å². The van der Waals surface area contributed by atoms with Gasteiger partial charge in [-0.3, -0.25) is 4.79 Å². The van der Waals surface area contributed by atoms with Gasteiger partial charge >= 0.3 is 5.97 Å². The van der Waals surface area contributed by atoms with E-state index in [1.54, 1.807) is 6.07 Å². The Labute approximate surface area is 97.0 Å². The maximum Gasteiger partial charge on any atom is 0.308 e. The molecule has 2 N–H and O–H groups in total. The van der Waals surface area contributed by atoms with E-state index >= 15 is 0 Å². The Balaban J connectivity index is 2.52. The van der Waals surface area contributed by atoms with E-state index in [9.17, 15) is 13.2 Å². The number of nitrogens with two attached hydrogens (primary N) is 1. The lowest BCUT2D eigenvalue weighted by atomic mass is 10.2. The molecular weight excluding hydrogens is 246 g/mol. The molecule has 1 aromatic carbocycles. The first-order chi connectivity index (χ1) is 7.86. The molecule has 0 aliphatic heterocycles. The number of carbonyl (C=O) groups excluding carboxylic acids is 1. The molecule has 7 heteroatoms. The number of fused-ring (bicyclic) bond motifs is 1. The molecule has 0 spiro atoms. The molecule has 0 aliphatic carbocycles. The van der Waals surface area contributed by atoms with Gasteiger partial charge < -0.3 is 9.15 Å². The summed E-state index contributed by atoms with van der Waals surface area (Å²) in [6.45, 7) is 1.27. The van der Waals surface area contributed by atoms with Gasteiger partial charge in [0, 0.05) is 24.4 Å². The van der Waals surface area contributed by atoms with Gasteiger partial charge in [-0.1, -0.05) is 0 Å². The molecule has 0 amide bonds. The van der Waals surface area contributed by atoms with Crippen LogP contribution in [0.4, 0.5) is 0 Å². The fraction of sp³-hybridized carbons (Fsp3) is 0.100. The standard InChI is InChI=1S/C10H9NO5S/c1-6(12)15-8-3-2-7-4-10(17(11,13)14)16-9(7)5-8/h2-5H,1H3,(H2,11,13,14). The normalized spacial score (nSPS) is 11.6. The highest BCUT2D eigenvalue weighted by Gasteiger charge is 2.14. The first kappa shape index (κ1) is 11.6. The zero-order chi connectivity index (χ0) is 12.6. The Morgan fingerprint density at radius 3 is 2.65 bits per heavy atom. The second kappa shape index (κ2) is 3.86. The summed E-state index contributed by atoms with van der Waals surface area (Å²) in [5.74, 6) is -0.192. The van der Waals surface area contributed by atoms with Gasteiger partial charge in [-0.2, -0.15) is 0 Å². The van der Waals surface area contributed by atoms with Crippen LogP contribution >= 0.6 is 0 Å². The third kappa shape index (κ3) is 2.45. The van der Waals surface area contributed by atoms with Crippen molar-refractivity contribution in [1.82, 2.24) is 0 Å². The SMILES string of the molecule is CC(=O)Oc1ccc2cc(S(N)(=O)=O)oc2c1. The van der Waals surface area contributed by atoms with Gasteiger partial charge in [-0.15, -0.1) is 0 Å². The predicted octanol–water partition coefficient (Wildman–Crippen LogP) is 1.01. The topological polar surface area (TPSA) is 99.6 Å². The maximum atomic E-state index is 11.1. The highest BCUT2D eigenvalue weighted by Crippen LogP contribution is 2.26. The highest BCUT2D eigenvalue weighted by molar-refractivity contribution is 7.89. The molecule has 0 saturated heterocycles. The van der Waals surface area contributed by atoms with E-state index in [1.165, 1.54) is 25.1 Å². The minimum Gasteiger partial charge on any atom is -0.443 e. The Hall–Kier alpha value is -1.86. The summed E-state index contributed by atoms with van der Waals surface area (Å²) in [6, 6.07) is 5.84. The predicted molar refractivity (Wildman–Crippen MR) is 58.9 cm³/mol. The lowest BCUT2D eigenvalue weighted by Crippen LogP contribution is -2.10. The van der Waals surface area contributed by atoms with Crippen molar-refractivity contribution < 1.29 is 22.4 Å². The average Bonchev–Trinajstić information content (AvgIpc) is 2.58. The monoisotopic (exact) mass is 255 g/mol. The molecule has 1 aromatic heterocycles. The number of esters is 1. The van der Waals surface area contributed by atoms with Crippen molar-refractivity contribution in [2.45, 2.75) is 12.0 Å². The lowest BCUT2D eigenvalue weighted by molar-refractivity contribution is -0.131.